The van der Waals surface area contributed by atoms with Crippen LogP contribution in [-0.4, -0.2) is 45.7 Å². The minimum absolute atomic E-state index is 0.0105. The summed E-state index contributed by atoms with van der Waals surface area (Å²) in [6.07, 6.45) is 3.33. The number of ether oxygens (including phenoxy) is 1. The van der Waals surface area contributed by atoms with Crippen molar-refractivity contribution in [2.24, 2.45) is 11.5 Å². The average Bonchev–Trinajstić information content (AvgIpc) is 2.74. The Labute approximate surface area is 192 Å². The Hall–Kier alpha value is -3.63. The third-order valence-electron chi connectivity index (χ3n) is 5.50. The number of rotatable bonds is 7. The van der Waals surface area contributed by atoms with Crippen LogP contribution in [0.1, 0.15) is 68.4 Å². The fourth-order valence-electron chi connectivity index (χ4n) is 3.81. The van der Waals surface area contributed by atoms with Crippen molar-refractivity contribution < 1.29 is 14.3 Å². The minimum atomic E-state index is -0.824. The van der Waals surface area contributed by atoms with E-state index in [-0.39, 0.29) is 35.0 Å². The van der Waals surface area contributed by atoms with Gasteiger partial charge in [0.05, 0.1) is 12.2 Å². The molecule has 2 aromatic rings. The molecule has 1 atom stereocenters. The van der Waals surface area contributed by atoms with Gasteiger partial charge in [-0.15, -0.1) is 0 Å². The second kappa shape index (κ2) is 9.88. The summed E-state index contributed by atoms with van der Waals surface area (Å²) >= 11 is 0. The summed E-state index contributed by atoms with van der Waals surface area (Å²) in [7, 11) is 0. The predicted molar refractivity (Wildman–Crippen MR) is 125 cm³/mol. The summed E-state index contributed by atoms with van der Waals surface area (Å²) in [6, 6.07) is 1.71. The van der Waals surface area contributed by atoms with Crippen LogP contribution in [0.4, 0.5) is 22.2 Å². The molecule has 0 unspecified atom stereocenters. The van der Waals surface area contributed by atoms with E-state index in [2.05, 4.69) is 15.3 Å². The van der Waals surface area contributed by atoms with Crippen LogP contribution in [-0.2, 0) is 4.74 Å². The summed E-state index contributed by atoms with van der Waals surface area (Å²) < 4.78 is 6.77. The van der Waals surface area contributed by atoms with Gasteiger partial charge in [0, 0.05) is 30.5 Å². The van der Waals surface area contributed by atoms with Crippen LogP contribution in [0, 0.1) is 0 Å². The molecule has 0 radical (unpaired) electrons. The van der Waals surface area contributed by atoms with Gasteiger partial charge < -0.3 is 31.0 Å². The zero-order chi connectivity index (χ0) is 24.3. The molecule has 0 spiro atoms. The molecule has 11 nitrogen and oxygen atoms in total. The Morgan fingerprint density at radius 1 is 1.24 bits per heavy atom. The number of carbonyl (C=O) groups is 2. The van der Waals surface area contributed by atoms with E-state index in [0.717, 1.165) is 6.42 Å². The van der Waals surface area contributed by atoms with Gasteiger partial charge in [0.1, 0.15) is 17.5 Å². The van der Waals surface area contributed by atoms with Gasteiger partial charge in [0.25, 0.3) is 11.5 Å². The molecule has 11 heteroatoms. The van der Waals surface area contributed by atoms with Crippen molar-refractivity contribution in [1.82, 2.24) is 14.5 Å². The second-order valence-electron chi connectivity index (χ2n) is 8.71. The second-order valence-corrected chi connectivity index (χ2v) is 8.71. The van der Waals surface area contributed by atoms with E-state index in [1.165, 1.54) is 6.20 Å². The first-order chi connectivity index (χ1) is 15.6. The number of primary amides is 2. The summed E-state index contributed by atoms with van der Waals surface area (Å²) in [5.74, 6) is -0.0779. The normalized spacial score (nSPS) is 16.2. The number of aromatic nitrogens is 3. The molecule has 2 amide bonds. The Morgan fingerprint density at radius 2 is 1.97 bits per heavy atom. The monoisotopic (exact) mass is 457 g/mol. The molecular weight excluding hydrogens is 426 g/mol. The van der Waals surface area contributed by atoms with Crippen LogP contribution in [0.5, 0.6) is 0 Å². The first-order valence-corrected chi connectivity index (χ1v) is 11.0. The topological polar surface area (TPSA) is 158 Å². The van der Waals surface area contributed by atoms with E-state index < -0.39 is 12.0 Å². The molecule has 5 N–H and O–H groups in total. The number of amides is 2. The van der Waals surface area contributed by atoms with Crippen molar-refractivity contribution in [2.45, 2.75) is 58.6 Å². The van der Waals surface area contributed by atoms with E-state index in [1.807, 2.05) is 32.6 Å². The molecule has 2 aromatic heterocycles. The van der Waals surface area contributed by atoms with Crippen molar-refractivity contribution in [2.75, 3.05) is 23.3 Å². The smallest absolute Gasteiger partial charge is 0.404 e. The summed E-state index contributed by atoms with van der Waals surface area (Å²) in [6.45, 7) is 8.78. The first kappa shape index (κ1) is 24.0. The third-order valence-corrected chi connectivity index (χ3v) is 5.50. The minimum Gasteiger partial charge on any atom is -0.445 e. The third kappa shape index (κ3) is 5.60. The highest BCUT2D eigenvalue weighted by molar-refractivity contribution is 5.98. The van der Waals surface area contributed by atoms with Crippen LogP contribution in [0.15, 0.2) is 23.3 Å². The highest BCUT2D eigenvalue weighted by atomic mass is 16.6. The summed E-state index contributed by atoms with van der Waals surface area (Å²) in [5.41, 5.74) is 12.0. The lowest BCUT2D eigenvalue weighted by Gasteiger charge is -2.32. The average molecular weight is 458 g/mol. The number of anilines is 3. The lowest BCUT2D eigenvalue weighted by molar-refractivity contribution is 0.0959. The van der Waals surface area contributed by atoms with E-state index in [9.17, 15) is 14.4 Å². The fraction of sp³-hybridized carbons (Fsp3) is 0.500. The van der Waals surface area contributed by atoms with Crippen LogP contribution >= 0.6 is 0 Å². The van der Waals surface area contributed by atoms with E-state index in [1.54, 1.807) is 16.8 Å². The maximum absolute atomic E-state index is 12.8. The van der Waals surface area contributed by atoms with Gasteiger partial charge in [-0.05, 0) is 38.7 Å². The Bertz CT molecular complexity index is 1060. The number of nitrogens with one attached hydrogen (secondary N) is 1. The highest BCUT2D eigenvalue weighted by Gasteiger charge is 2.25. The van der Waals surface area contributed by atoms with Gasteiger partial charge >= 0.3 is 6.09 Å². The van der Waals surface area contributed by atoms with E-state index >= 15 is 0 Å². The largest absolute Gasteiger partial charge is 0.445 e. The van der Waals surface area contributed by atoms with E-state index in [0.29, 0.717) is 36.7 Å². The number of nitrogens with zero attached hydrogens (tertiary/aromatic N) is 4. The predicted octanol–water partition coefficient (Wildman–Crippen LogP) is 2.25. The maximum Gasteiger partial charge on any atom is 0.404 e. The summed E-state index contributed by atoms with van der Waals surface area (Å²) in [4.78, 5) is 46.6. The number of hydrogen-bond acceptors (Lipinski definition) is 8. The number of pyridine rings is 1. The van der Waals surface area contributed by atoms with E-state index in [4.69, 9.17) is 16.2 Å². The highest BCUT2D eigenvalue weighted by Crippen LogP contribution is 2.25. The first-order valence-electron chi connectivity index (χ1n) is 11.0. The maximum atomic E-state index is 12.8. The Balaban J connectivity index is 1.98. The summed E-state index contributed by atoms with van der Waals surface area (Å²) in [5, 5.41) is 3.15. The van der Waals surface area contributed by atoms with Crippen LogP contribution in [0.25, 0.3) is 0 Å². The van der Waals surface area contributed by atoms with Crippen molar-refractivity contribution in [1.29, 1.82) is 0 Å². The standard InChI is InChI=1S/C22H31N7O4/c1-12(2)16-8-14(10-29(13(3)4)20(16)31)26-19-17(18(23)30)9-25-22(27-19)28-7-5-6-15(11-28)33-21(24)32/h8-10,12-13,15H,5-7,11H2,1-4H3,(H2,23,30)(H2,24,32)(H,25,26,27)/t15-/m0/s1. The number of nitrogens with two attached hydrogens (primary N) is 2. The van der Waals surface area contributed by atoms with Gasteiger partial charge in [-0.3, -0.25) is 9.59 Å². The van der Waals surface area contributed by atoms with Crippen molar-refractivity contribution in [3.05, 3.63) is 39.9 Å². The molecule has 0 saturated carbocycles. The number of piperidine rings is 1. The molecule has 3 rings (SSSR count). The zero-order valence-electron chi connectivity index (χ0n) is 19.4. The fourth-order valence-corrected chi connectivity index (χ4v) is 3.81. The Kier molecular flexibility index (Phi) is 7.19. The van der Waals surface area contributed by atoms with Gasteiger partial charge in [0.15, 0.2) is 0 Å². The molecule has 0 aliphatic carbocycles. The lowest BCUT2D eigenvalue weighted by atomic mass is 10.0. The van der Waals surface area contributed by atoms with Gasteiger partial charge in [-0.2, -0.15) is 4.98 Å². The van der Waals surface area contributed by atoms with Crippen LogP contribution in [0.3, 0.4) is 0 Å². The molecule has 178 valence electrons. The van der Waals surface area contributed by atoms with Crippen molar-refractivity contribution >= 4 is 29.5 Å². The molecular formula is C22H31N7O4. The molecule has 1 aliphatic heterocycles. The number of carbonyl (C=O) groups excluding carboxylic acids is 2. The molecule has 33 heavy (non-hydrogen) atoms. The molecule has 0 bridgehead atoms. The molecule has 3 heterocycles. The van der Waals surface area contributed by atoms with Gasteiger partial charge in [0.2, 0.25) is 5.95 Å². The SMILES string of the molecule is CC(C)c1cc(Nc2nc(N3CCC[C@H](OC(N)=O)C3)ncc2C(N)=O)cn(C(C)C)c1=O. The van der Waals surface area contributed by atoms with Gasteiger partial charge in [-0.1, -0.05) is 13.8 Å². The van der Waals surface area contributed by atoms with Gasteiger partial charge in [-0.25, -0.2) is 9.78 Å². The van der Waals surface area contributed by atoms with Crippen molar-refractivity contribution in [3.8, 4) is 0 Å². The molecule has 0 aromatic carbocycles. The lowest BCUT2D eigenvalue weighted by Crippen LogP contribution is -2.42. The molecule has 1 saturated heterocycles. The van der Waals surface area contributed by atoms with Crippen LogP contribution < -0.4 is 27.2 Å². The van der Waals surface area contributed by atoms with Crippen molar-refractivity contribution in [3.63, 3.8) is 0 Å². The Morgan fingerprint density at radius 3 is 2.58 bits per heavy atom. The molecule has 1 aliphatic rings. The van der Waals surface area contributed by atoms with Crippen LogP contribution in [0.2, 0.25) is 0 Å². The zero-order valence-corrected chi connectivity index (χ0v) is 19.4. The quantitative estimate of drug-likeness (QED) is 0.571. The number of hydrogen-bond donors (Lipinski definition) is 3. The molecule has 1 fully saturated rings.